The van der Waals surface area contributed by atoms with Crippen LogP contribution in [0.3, 0.4) is 0 Å². The zero-order chi connectivity index (χ0) is 10.6. The number of ether oxygens (including phenoxy) is 1. The predicted molar refractivity (Wildman–Crippen MR) is 59.9 cm³/mol. The van der Waals surface area contributed by atoms with E-state index in [1.54, 1.807) is 6.07 Å². The Kier molecular flexibility index (Phi) is 4.69. The molecule has 1 rings (SSSR count). The Morgan fingerprint density at radius 2 is 2.14 bits per heavy atom. The van der Waals surface area contributed by atoms with Gasteiger partial charge in [0.25, 0.3) is 0 Å². The molecule has 78 valence electrons. The maximum Gasteiger partial charge on any atom is 0.0659 e. The van der Waals surface area contributed by atoms with E-state index in [1.807, 2.05) is 19.1 Å². The first-order chi connectivity index (χ1) is 6.66. The topological polar surface area (TPSA) is 35.2 Å². The summed E-state index contributed by atoms with van der Waals surface area (Å²) in [6.07, 6.45) is 0. The van der Waals surface area contributed by atoms with Crippen LogP contribution in [0.4, 0.5) is 0 Å². The van der Waals surface area contributed by atoms with E-state index in [-0.39, 0.29) is 6.04 Å². The summed E-state index contributed by atoms with van der Waals surface area (Å²) in [5.41, 5.74) is 6.71. The normalized spacial score (nSPS) is 12.9. The highest BCUT2D eigenvalue weighted by atomic mass is 35.5. The Hall–Kier alpha value is -0.280. The minimum Gasteiger partial charge on any atom is -0.380 e. The molecule has 0 bridgehead atoms. The number of hydrogen-bond donors (Lipinski definition) is 1. The summed E-state index contributed by atoms with van der Waals surface area (Å²) >= 11 is 11.9. The smallest absolute Gasteiger partial charge is 0.0659 e. The number of benzene rings is 1. The van der Waals surface area contributed by atoms with E-state index in [4.69, 9.17) is 33.7 Å². The molecule has 0 amide bonds. The van der Waals surface area contributed by atoms with Gasteiger partial charge >= 0.3 is 0 Å². The molecule has 0 aromatic heterocycles. The first-order valence-electron chi connectivity index (χ1n) is 4.44. The van der Waals surface area contributed by atoms with E-state index >= 15 is 0 Å². The van der Waals surface area contributed by atoms with E-state index in [2.05, 4.69) is 0 Å². The van der Waals surface area contributed by atoms with Crippen LogP contribution in [0.5, 0.6) is 0 Å². The molecule has 0 fully saturated rings. The lowest BCUT2D eigenvalue weighted by Gasteiger charge is -2.13. The van der Waals surface area contributed by atoms with Crippen molar-refractivity contribution >= 4 is 23.2 Å². The standard InChI is InChI=1S/C10H13Cl2NO/c1-2-14-6-9(13)7-4-3-5-8(11)10(7)12/h3-5,9H,2,6,13H2,1H3. The van der Waals surface area contributed by atoms with E-state index in [0.29, 0.717) is 23.3 Å². The van der Waals surface area contributed by atoms with Crippen molar-refractivity contribution in [2.24, 2.45) is 5.73 Å². The first kappa shape index (κ1) is 11.8. The Labute approximate surface area is 94.0 Å². The van der Waals surface area contributed by atoms with Crippen LogP contribution >= 0.6 is 23.2 Å². The molecule has 2 N–H and O–H groups in total. The number of halogens is 2. The molecular formula is C10H13Cl2NO. The quantitative estimate of drug-likeness (QED) is 0.868. The number of rotatable bonds is 4. The van der Waals surface area contributed by atoms with Gasteiger partial charge in [0, 0.05) is 6.61 Å². The Bertz CT molecular complexity index is 304. The Morgan fingerprint density at radius 1 is 1.43 bits per heavy atom. The van der Waals surface area contributed by atoms with E-state index in [0.717, 1.165) is 5.56 Å². The number of nitrogens with two attached hydrogens (primary N) is 1. The van der Waals surface area contributed by atoms with Crippen molar-refractivity contribution in [3.8, 4) is 0 Å². The first-order valence-corrected chi connectivity index (χ1v) is 5.19. The second-order valence-corrected chi connectivity index (χ2v) is 3.69. The molecule has 0 aliphatic carbocycles. The van der Waals surface area contributed by atoms with E-state index < -0.39 is 0 Å². The van der Waals surface area contributed by atoms with Crippen LogP contribution in [-0.2, 0) is 4.74 Å². The molecule has 0 spiro atoms. The molecule has 0 saturated heterocycles. The molecule has 4 heteroatoms. The fourth-order valence-electron chi connectivity index (χ4n) is 1.14. The fraction of sp³-hybridized carbons (Fsp3) is 0.400. The fourth-order valence-corrected chi connectivity index (χ4v) is 1.59. The van der Waals surface area contributed by atoms with Gasteiger partial charge < -0.3 is 10.5 Å². The SMILES string of the molecule is CCOCC(N)c1cccc(Cl)c1Cl. The number of hydrogen-bond acceptors (Lipinski definition) is 2. The van der Waals surface area contributed by atoms with Crippen LogP contribution in [0.25, 0.3) is 0 Å². The van der Waals surface area contributed by atoms with Crippen molar-refractivity contribution in [1.29, 1.82) is 0 Å². The third-order valence-electron chi connectivity index (χ3n) is 1.88. The van der Waals surface area contributed by atoms with Crippen LogP contribution in [0.1, 0.15) is 18.5 Å². The van der Waals surface area contributed by atoms with Crippen LogP contribution in [0.2, 0.25) is 10.0 Å². The van der Waals surface area contributed by atoms with Gasteiger partial charge in [0.2, 0.25) is 0 Å². The Balaban J connectivity index is 2.79. The average molecular weight is 234 g/mol. The highest BCUT2D eigenvalue weighted by Crippen LogP contribution is 2.28. The van der Waals surface area contributed by atoms with Gasteiger partial charge in [0.05, 0.1) is 22.7 Å². The molecule has 1 unspecified atom stereocenters. The van der Waals surface area contributed by atoms with Crippen molar-refractivity contribution in [3.05, 3.63) is 33.8 Å². The lowest BCUT2D eigenvalue weighted by molar-refractivity contribution is 0.133. The lowest BCUT2D eigenvalue weighted by atomic mass is 10.1. The van der Waals surface area contributed by atoms with Crippen LogP contribution in [0.15, 0.2) is 18.2 Å². The molecular weight excluding hydrogens is 221 g/mol. The van der Waals surface area contributed by atoms with E-state index in [1.165, 1.54) is 0 Å². The van der Waals surface area contributed by atoms with Crippen LogP contribution < -0.4 is 5.73 Å². The van der Waals surface area contributed by atoms with Gasteiger partial charge in [-0.15, -0.1) is 0 Å². The van der Waals surface area contributed by atoms with Gasteiger partial charge in [0.1, 0.15) is 0 Å². The van der Waals surface area contributed by atoms with Gasteiger partial charge in [-0.05, 0) is 18.6 Å². The van der Waals surface area contributed by atoms with Crippen molar-refractivity contribution in [1.82, 2.24) is 0 Å². The largest absolute Gasteiger partial charge is 0.380 e. The summed E-state index contributed by atoms with van der Waals surface area (Å²) in [5.74, 6) is 0. The molecule has 0 radical (unpaired) electrons. The van der Waals surface area contributed by atoms with Gasteiger partial charge in [-0.25, -0.2) is 0 Å². The highest BCUT2D eigenvalue weighted by molar-refractivity contribution is 6.42. The monoisotopic (exact) mass is 233 g/mol. The molecule has 2 nitrogen and oxygen atoms in total. The lowest BCUT2D eigenvalue weighted by Crippen LogP contribution is -2.17. The summed E-state index contributed by atoms with van der Waals surface area (Å²) < 4.78 is 5.22. The second-order valence-electron chi connectivity index (χ2n) is 2.91. The molecule has 0 saturated carbocycles. The molecule has 1 aromatic carbocycles. The van der Waals surface area contributed by atoms with Crippen molar-refractivity contribution in [2.45, 2.75) is 13.0 Å². The maximum atomic E-state index is 6.00. The summed E-state index contributed by atoms with van der Waals surface area (Å²) in [6.45, 7) is 3.02. The molecule has 0 heterocycles. The summed E-state index contributed by atoms with van der Waals surface area (Å²) in [6, 6.07) is 5.20. The van der Waals surface area contributed by atoms with Gasteiger partial charge in [-0.2, -0.15) is 0 Å². The maximum absolute atomic E-state index is 6.00. The molecule has 14 heavy (non-hydrogen) atoms. The minimum atomic E-state index is -0.221. The summed E-state index contributed by atoms with van der Waals surface area (Å²) in [5, 5.41) is 1.04. The molecule has 0 aliphatic rings. The summed E-state index contributed by atoms with van der Waals surface area (Å²) in [7, 11) is 0. The average Bonchev–Trinajstić information content (AvgIpc) is 2.18. The minimum absolute atomic E-state index is 0.221. The zero-order valence-electron chi connectivity index (χ0n) is 7.97. The third-order valence-corrected chi connectivity index (χ3v) is 2.72. The van der Waals surface area contributed by atoms with Crippen molar-refractivity contribution in [2.75, 3.05) is 13.2 Å². The van der Waals surface area contributed by atoms with Crippen LogP contribution in [-0.4, -0.2) is 13.2 Å². The zero-order valence-corrected chi connectivity index (χ0v) is 9.48. The van der Waals surface area contributed by atoms with Crippen molar-refractivity contribution in [3.63, 3.8) is 0 Å². The highest BCUT2D eigenvalue weighted by Gasteiger charge is 2.11. The molecule has 0 aliphatic heterocycles. The molecule has 1 atom stereocenters. The molecule has 1 aromatic rings. The summed E-state index contributed by atoms with van der Waals surface area (Å²) in [4.78, 5) is 0. The predicted octanol–water partition coefficient (Wildman–Crippen LogP) is 3.03. The second kappa shape index (κ2) is 5.56. The van der Waals surface area contributed by atoms with Crippen LogP contribution in [0, 0.1) is 0 Å². The van der Waals surface area contributed by atoms with Crippen molar-refractivity contribution < 1.29 is 4.74 Å². The van der Waals surface area contributed by atoms with Gasteiger partial charge in [-0.1, -0.05) is 35.3 Å². The van der Waals surface area contributed by atoms with Gasteiger partial charge in [0.15, 0.2) is 0 Å². The van der Waals surface area contributed by atoms with E-state index in [9.17, 15) is 0 Å². The van der Waals surface area contributed by atoms with Gasteiger partial charge in [-0.3, -0.25) is 0 Å². The third kappa shape index (κ3) is 2.85. The Morgan fingerprint density at radius 3 is 2.79 bits per heavy atom.